The van der Waals surface area contributed by atoms with E-state index in [1.807, 2.05) is 19.1 Å². The molecule has 2 rings (SSSR count). The molecular formula is C21H26Cl2O2. The summed E-state index contributed by atoms with van der Waals surface area (Å²) >= 11 is 12.4. The Balaban J connectivity index is 2.28. The Labute approximate surface area is 160 Å². The number of hydrogen-bond donors (Lipinski definition) is 1. The lowest BCUT2D eigenvalue weighted by molar-refractivity contribution is -0.115. The molecule has 0 aliphatic heterocycles. The van der Waals surface area contributed by atoms with E-state index in [4.69, 9.17) is 23.2 Å². The fraction of sp³-hybridized carbons (Fsp3) is 0.476. The molecule has 0 amide bonds. The van der Waals surface area contributed by atoms with Gasteiger partial charge in [-0.2, -0.15) is 0 Å². The summed E-state index contributed by atoms with van der Waals surface area (Å²) in [6.07, 6.45) is 1.58. The average Bonchev–Trinajstić information content (AvgIpc) is 2.80. The molecule has 0 heterocycles. The Hall–Kier alpha value is -1.25. The summed E-state index contributed by atoms with van der Waals surface area (Å²) in [4.78, 5) is 12.7. The molecule has 2 nitrogen and oxygen atoms in total. The SMILES string of the molecule is CC1=C(Cl)C(Cl)=C(C(=O)CCc2c(C(C)C)cc(O)cc2C(C)C)C1. The number of benzene rings is 1. The molecule has 136 valence electrons. The minimum atomic E-state index is 0.0532. The monoisotopic (exact) mass is 380 g/mol. The van der Waals surface area contributed by atoms with Gasteiger partial charge in [0, 0.05) is 12.0 Å². The maximum absolute atomic E-state index is 12.7. The maximum Gasteiger partial charge on any atom is 0.161 e. The standard InChI is InChI=1S/C21H26Cl2O2/c1-11(2)16-9-14(24)10-17(12(3)4)15(16)6-7-19(25)18-8-13(5)20(22)21(18)23/h9-12,24H,6-8H2,1-5H3. The minimum Gasteiger partial charge on any atom is -0.508 e. The molecular weight excluding hydrogens is 355 g/mol. The number of phenolic OH excluding ortho intramolecular Hbond substituents is 1. The van der Waals surface area contributed by atoms with Crippen LogP contribution < -0.4 is 0 Å². The highest BCUT2D eigenvalue weighted by Crippen LogP contribution is 2.38. The van der Waals surface area contributed by atoms with Crippen molar-refractivity contribution < 1.29 is 9.90 Å². The van der Waals surface area contributed by atoms with Gasteiger partial charge in [0.1, 0.15) is 5.75 Å². The molecule has 4 heteroatoms. The van der Waals surface area contributed by atoms with Crippen LogP contribution in [0.15, 0.2) is 33.3 Å². The van der Waals surface area contributed by atoms with Crippen LogP contribution in [0.5, 0.6) is 5.75 Å². The van der Waals surface area contributed by atoms with E-state index in [9.17, 15) is 9.90 Å². The minimum absolute atomic E-state index is 0.0532. The summed E-state index contributed by atoms with van der Waals surface area (Å²) < 4.78 is 0. The first-order chi connectivity index (χ1) is 11.6. The van der Waals surface area contributed by atoms with Crippen molar-refractivity contribution in [2.45, 2.75) is 65.7 Å². The largest absolute Gasteiger partial charge is 0.508 e. The predicted octanol–water partition coefficient (Wildman–Crippen LogP) is 6.55. The Morgan fingerprint density at radius 2 is 1.60 bits per heavy atom. The highest BCUT2D eigenvalue weighted by Gasteiger charge is 2.25. The van der Waals surface area contributed by atoms with Crippen molar-refractivity contribution in [3.63, 3.8) is 0 Å². The fourth-order valence-electron chi connectivity index (χ4n) is 3.37. The second-order valence-corrected chi connectivity index (χ2v) is 8.15. The number of hydrogen-bond acceptors (Lipinski definition) is 2. The molecule has 0 spiro atoms. The van der Waals surface area contributed by atoms with Gasteiger partial charge in [-0.3, -0.25) is 4.79 Å². The Morgan fingerprint density at radius 3 is 2.00 bits per heavy atom. The molecule has 0 bridgehead atoms. The Kier molecular flexibility index (Phi) is 6.40. The van der Waals surface area contributed by atoms with Gasteiger partial charge in [0.25, 0.3) is 0 Å². The first-order valence-electron chi connectivity index (χ1n) is 8.76. The number of Topliss-reactive ketones (excluding diaryl/α,β-unsaturated/α-hetero) is 1. The second-order valence-electron chi connectivity index (χ2n) is 7.40. The molecule has 0 fully saturated rings. The molecule has 1 aliphatic rings. The fourth-order valence-corrected chi connectivity index (χ4v) is 3.89. The number of allylic oxidation sites excluding steroid dienone is 4. The van der Waals surface area contributed by atoms with E-state index < -0.39 is 0 Å². The van der Waals surface area contributed by atoms with Gasteiger partial charge in [-0.15, -0.1) is 0 Å². The van der Waals surface area contributed by atoms with Gasteiger partial charge >= 0.3 is 0 Å². The van der Waals surface area contributed by atoms with Crippen molar-refractivity contribution in [1.82, 2.24) is 0 Å². The number of ketones is 1. The Bertz CT molecular complexity index is 726. The van der Waals surface area contributed by atoms with Gasteiger partial charge in [-0.1, -0.05) is 50.9 Å². The molecule has 0 saturated heterocycles. The quantitative estimate of drug-likeness (QED) is 0.607. The van der Waals surface area contributed by atoms with Crippen LogP contribution in [0.1, 0.15) is 76.0 Å². The number of halogens is 2. The van der Waals surface area contributed by atoms with E-state index in [0.717, 1.165) is 16.7 Å². The zero-order valence-corrected chi connectivity index (χ0v) is 17.1. The lowest BCUT2D eigenvalue weighted by Gasteiger charge is -2.20. The molecule has 0 unspecified atom stereocenters. The first kappa shape index (κ1) is 20.1. The first-order valence-corrected chi connectivity index (χ1v) is 9.52. The van der Waals surface area contributed by atoms with Crippen LogP contribution >= 0.6 is 23.2 Å². The average molecular weight is 381 g/mol. The zero-order chi connectivity index (χ0) is 18.9. The van der Waals surface area contributed by atoms with Crippen molar-refractivity contribution in [3.8, 4) is 5.75 Å². The number of rotatable bonds is 6. The second kappa shape index (κ2) is 7.97. The van der Waals surface area contributed by atoms with Gasteiger partial charge in [0.05, 0.1) is 10.1 Å². The van der Waals surface area contributed by atoms with Crippen molar-refractivity contribution in [2.75, 3.05) is 0 Å². The van der Waals surface area contributed by atoms with Gasteiger partial charge in [-0.05, 0) is 66.0 Å². The molecule has 1 aromatic rings. The van der Waals surface area contributed by atoms with Crippen LogP contribution in [0.4, 0.5) is 0 Å². The summed E-state index contributed by atoms with van der Waals surface area (Å²) in [6.45, 7) is 10.3. The molecule has 0 radical (unpaired) electrons. The van der Waals surface area contributed by atoms with Crippen molar-refractivity contribution in [1.29, 1.82) is 0 Å². The van der Waals surface area contributed by atoms with E-state index in [2.05, 4.69) is 27.7 Å². The number of carbonyl (C=O) groups is 1. The van der Waals surface area contributed by atoms with Crippen molar-refractivity contribution in [2.24, 2.45) is 0 Å². The van der Waals surface area contributed by atoms with Gasteiger partial charge in [0.2, 0.25) is 0 Å². The topological polar surface area (TPSA) is 37.3 Å². The van der Waals surface area contributed by atoms with E-state index in [1.165, 1.54) is 5.56 Å². The third kappa shape index (κ3) is 4.30. The summed E-state index contributed by atoms with van der Waals surface area (Å²) in [5, 5.41) is 11.0. The van der Waals surface area contributed by atoms with Crippen LogP contribution in [0.3, 0.4) is 0 Å². The molecule has 1 aliphatic carbocycles. The summed E-state index contributed by atoms with van der Waals surface area (Å²) in [5.41, 5.74) is 4.96. The molecule has 1 aromatic carbocycles. The van der Waals surface area contributed by atoms with E-state index in [1.54, 1.807) is 0 Å². The molecule has 0 saturated carbocycles. The van der Waals surface area contributed by atoms with E-state index in [-0.39, 0.29) is 23.4 Å². The smallest absolute Gasteiger partial charge is 0.161 e. The van der Waals surface area contributed by atoms with Crippen LogP contribution in [0.2, 0.25) is 0 Å². The van der Waals surface area contributed by atoms with Gasteiger partial charge in [0.15, 0.2) is 5.78 Å². The zero-order valence-electron chi connectivity index (χ0n) is 15.5. The van der Waals surface area contributed by atoms with E-state index >= 15 is 0 Å². The molecule has 0 atom stereocenters. The van der Waals surface area contributed by atoms with Crippen LogP contribution in [0, 0.1) is 0 Å². The number of aromatic hydroxyl groups is 1. The molecule has 25 heavy (non-hydrogen) atoms. The third-order valence-corrected chi connectivity index (χ3v) is 5.79. The van der Waals surface area contributed by atoms with Crippen LogP contribution in [-0.2, 0) is 11.2 Å². The summed E-state index contributed by atoms with van der Waals surface area (Å²) in [6, 6.07) is 3.64. The van der Waals surface area contributed by atoms with Gasteiger partial charge in [-0.25, -0.2) is 0 Å². The third-order valence-electron chi connectivity index (χ3n) is 4.76. The maximum atomic E-state index is 12.7. The molecule has 1 N–H and O–H groups in total. The lowest BCUT2D eigenvalue weighted by Crippen LogP contribution is -2.09. The summed E-state index contributed by atoms with van der Waals surface area (Å²) in [7, 11) is 0. The highest BCUT2D eigenvalue weighted by molar-refractivity contribution is 6.46. The predicted molar refractivity (Wildman–Crippen MR) is 106 cm³/mol. The van der Waals surface area contributed by atoms with E-state index in [0.29, 0.717) is 34.9 Å². The van der Waals surface area contributed by atoms with Gasteiger partial charge < -0.3 is 5.11 Å². The van der Waals surface area contributed by atoms with Crippen molar-refractivity contribution >= 4 is 29.0 Å². The van der Waals surface area contributed by atoms with Crippen LogP contribution in [0.25, 0.3) is 0 Å². The van der Waals surface area contributed by atoms with Crippen molar-refractivity contribution in [3.05, 3.63) is 50.0 Å². The number of phenols is 1. The highest BCUT2D eigenvalue weighted by atomic mass is 35.5. The lowest BCUT2D eigenvalue weighted by atomic mass is 9.85. The molecule has 0 aromatic heterocycles. The van der Waals surface area contributed by atoms with Crippen LogP contribution in [-0.4, -0.2) is 10.9 Å². The summed E-state index contributed by atoms with van der Waals surface area (Å²) in [5.74, 6) is 0.901. The number of carbonyl (C=O) groups excluding carboxylic acids is 1. The normalized spacial score (nSPS) is 15.1. The Morgan fingerprint density at radius 1 is 1.08 bits per heavy atom.